The largest absolute Gasteiger partial charge is 0.502 e. The van der Waals surface area contributed by atoms with Gasteiger partial charge in [-0.2, -0.15) is 0 Å². The van der Waals surface area contributed by atoms with Crippen LogP contribution in [0.1, 0.15) is 44.7 Å². The fraction of sp³-hybridized carbons (Fsp3) is 0.529. The van der Waals surface area contributed by atoms with Gasteiger partial charge in [-0.15, -0.1) is 0 Å². The standard InChI is InChI=1S/C17H23NO4/c1-2-21-17(20)16(19)10-14-8-9-15(11-18-14)22-12-13-6-4-3-5-7-13/h8-11,13,19H,2-7,12H2,1H3/b16-10-. The van der Waals surface area contributed by atoms with E-state index in [-0.39, 0.29) is 6.61 Å². The van der Waals surface area contributed by atoms with Crippen LogP contribution in [-0.4, -0.2) is 29.3 Å². The molecule has 5 nitrogen and oxygen atoms in total. The Balaban J connectivity index is 1.86. The van der Waals surface area contributed by atoms with Crippen LogP contribution in [0.15, 0.2) is 24.1 Å². The maximum absolute atomic E-state index is 11.3. The third-order valence-corrected chi connectivity index (χ3v) is 3.74. The predicted octanol–water partition coefficient (Wildman–Crippen LogP) is 3.50. The van der Waals surface area contributed by atoms with Crippen LogP contribution in [-0.2, 0) is 9.53 Å². The lowest BCUT2D eigenvalue weighted by molar-refractivity contribution is -0.141. The van der Waals surface area contributed by atoms with E-state index in [1.807, 2.05) is 0 Å². The summed E-state index contributed by atoms with van der Waals surface area (Å²) in [5.41, 5.74) is 0.482. The molecule has 2 rings (SSSR count). The summed E-state index contributed by atoms with van der Waals surface area (Å²) in [5, 5.41) is 9.56. The van der Waals surface area contributed by atoms with Gasteiger partial charge in [0.25, 0.3) is 0 Å². The summed E-state index contributed by atoms with van der Waals surface area (Å²) >= 11 is 0. The summed E-state index contributed by atoms with van der Waals surface area (Å²) in [6, 6.07) is 3.49. The van der Waals surface area contributed by atoms with Gasteiger partial charge in [-0.3, -0.25) is 4.98 Å². The number of rotatable bonds is 6. The van der Waals surface area contributed by atoms with E-state index < -0.39 is 11.7 Å². The van der Waals surface area contributed by atoms with Gasteiger partial charge in [0.05, 0.1) is 25.1 Å². The minimum Gasteiger partial charge on any atom is -0.502 e. The lowest BCUT2D eigenvalue weighted by Gasteiger charge is -2.21. The SMILES string of the molecule is CCOC(=O)/C(O)=C/c1ccc(OCC2CCCCC2)cn1. The Morgan fingerprint density at radius 1 is 1.36 bits per heavy atom. The molecule has 0 bridgehead atoms. The van der Waals surface area contributed by atoms with E-state index in [1.54, 1.807) is 25.3 Å². The smallest absolute Gasteiger partial charge is 0.373 e. The number of aliphatic hydroxyl groups is 1. The van der Waals surface area contributed by atoms with E-state index in [2.05, 4.69) is 4.98 Å². The summed E-state index contributed by atoms with van der Waals surface area (Å²) in [7, 11) is 0. The van der Waals surface area contributed by atoms with Crippen molar-refractivity contribution in [3.8, 4) is 5.75 Å². The molecule has 0 radical (unpaired) electrons. The average molecular weight is 305 g/mol. The quantitative estimate of drug-likeness (QED) is 0.495. The molecule has 1 aliphatic carbocycles. The van der Waals surface area contributed by atoms with Crippen LogP contribution < -0.4 is 4.74 Å². The molecule has 5 heteroatoms. The molecule has 1 aromatic heterocycles. The maximum atomic E-state index is 11.3. The number of hydrogen-bond donors (Lipinski definition) is 1. The second-order valence-corrected chi connectivity index (χ2v) is 5.48. The molecule has 0 unspecified atom stereocenters. The Labute approximate surface area is 131 Å². The molecule has 1 heterocycles. The van der Waals surface area contributed by atoms with Gasteiger partial charge in [0.1, 0.15) is 5.75 Å². The third kappa shape index (κ3) is 5.06. The van der Waals surface area contributed by atoms with Crippen molar-refractivity contribution in [3.63, 3.8) is 0 Å². The first kappa shape index (κ1) is 16.3. The number of ether oxygens (including phenoxy) is 2. The van der Waals surface area contributed by atoms with E-state index in [4.69, 9.17) is 9.47 Å². The van der Waals surface area contributed by atoms with Crippen molar-refractivity contribution < 1.29 is 19.4 Å². The second-order valence-electron chi connectivity index (χ2n) is 5.48. The lowest BCUT2D eigenvalue weighted by Crippen LogP contribution is -2.15. The van der Waals surface area contributed by atoms with Crippen molar-refractivity contribution in [1.82, 2.24) is 4.98 Å². The number of carbonyl (C=O) groups is 1. The molecular formula is C17H23NO4. The summed E-state index contributed by atoms with van der Waals surface area (Å²) in [4.78, 5) is 15.5. The summed E-state index contributed by atoms with van der Waals surface area (Å²) in [6.45, 7) is 2.63. The first-order valence-electron chi connectivity index (χ1n) is 7.85. The van der Waals surface area contributed by atoms with Gasteiger partial charge < -0.3 is 14.6 Å². The van der Waals surface area contributed by atoms with Gasteiger partial charge in [0.2, 0.25) is 5.76 Å². The zero-order chi connectivity index (χ0) is 15.8. The van der Waals surface area contributed by atoms with E-state index >= 15 is 0 Å². The number of hydrogen-bond acceptors (Lipinski definition) is 5. The van der Waals surface area contributed by atoms with Gasteiger partial charge in [-0.05, 0) is 37.8 Å². The van der Waals surface area contributed by atoms with Crippen molar-refractivity contribution in [2.75, 3.05) is 13.2 Å². The monoisotopic (exact) mass is 305 g/mol. The maximum Gasteiger partial charge on any atom is 0.373 e. The van der Waals surface area contributed by atoms with Crippen LogP contribution in [0.25, 0.3) is 6.08 Å². The minimum atomic E-state index is -0.748. The van der Waals surface area contributed by atoms with E-state index in [1.165, 1.54) is 38.2 Å². The highest BCUT2D eigenvalue weighted by atomic mass is 16.5. The summed E-state index contributed by atoms with van der Waals surface area (Å²) < 4.78 is 10.4. The molecule has 120 valence electrons. The Kier molecular flexibility index (Phi) is 6.25. The van der Waals surface area contributed by atoms with Gasteiger partial charge in [0, 0.05) is 6.08 Å². The highest BCUT2D eigenvalue weighted by molar-refractivity contribution is 5.90. The topological polar surface area (TPSA) is 68.7 Å². The molecule has 1 fully saturated rings. The molecule has 0 spiro atoms. The van der Waals surface area contributed by atoms with Crippen molar-refractivity contribution in [3.05, 3.63) is 29.8 Å². The van der Waals surface area contributed by atoms with Gasteiger partial charge in [-0.25, -0.2) is 4.79 Å². The van der Waals surface area contributed by atoms with E-state index in [0.717, 1.165) is 6.61 Å². The molecule has 0 aliphatic heterocycles. The van der Waals surface area contributed by atoms with Crippen molar-refractivity contribution in [2.24, 2.45) is 5.92 Å². The number of carbonyl (C=O) groups excluding carboxylic acids is 1. The lowest BCUT2D eigenvalue weighted by atomic mass is 9.90. The van der Waals surface area contributed by atoms with Crippen molar-refractivity contribution in [1.29, 1.82) is 0 Å². The zero-order valence-corrected chi connectivity index (χ0v) is 13.0. The van der Waals surface area contributed by atoms with Crippen LogP contribution in [0.3, 0.4) is 0 Å². The third-order valence-electron chi connectivity index (χ3n) is 3.74. The van der Waals surface area contributed by atoms with Crippen LogP contribution in [0, 0.1) is 5.92 Å². The summed E-state index contributed by atoms with van der Waals surface area (Å²) in [5.74, 6) is 0.145. The van der Waals surface area contributed by atoms with Crippen LogP contribution in [0.2, 0.25) is 0 Å². The molecule has 0 amide bonds. The van der Waals surface area contributed by atoms with Crippen molar-refractivity contribution in [2.45, 2.75) is 39.0 Å². The van der Waals surface area contributed by atoms with Gasteiger partial charge in [0.15, 0.2) is 0 Å². The molecule has 22 heavy (non-hydrogen) atoms. The molecule has 0 saturated heterocycles. The molecule has 1 N–H and O–H groups in total. The Morgan fingerprint density at radius 2 is 2.14 bits per heavy atom. The Morgan fingerprint density at radius 3 is 2.77 bits per heavy atom. The number of esters is 1. The molecule has 0 aromatic carbocycles. The normalized spacial score (nSPS) is 16.3. The van der Waals surface area contributed by atoms with E-state index in [9.17, 15) is 9.90 Å². The molecule has 1 saturated carbocycles. The molecule has 1 aromatic rings. The highest BCUT2D eigenvalue weighted by Gasteiger charge is 2.14. The molecule has 1 aliphatic rings. The van der Waals surface area contributed by atoms with Crippen LogP contribution in [0.4, 0.5) is 0 Å². The van der Waals surface area contributed by atoms with Crippen molar-refractivity contribution >= 4 is 12.0 Å². The average Bonchev–Trinajstić information content (AvgIpc) is 2.55. The number of nitrogens with zero attached hydrogens (tertiary/aromatic N) is 1. The first-order valence-corrected chi connectivity index (χ1v) is 7.85. The van der Waals surface area contributed by atoms with Crippen LogP contribution in [0.5, 0.6) is 5.75 Å². The first-order chi connectivity index (χ1) is 10.7. The predicted molar refractivity (Wildman–Crippen MR) is 83.5 cm³/mol. The van der Waals surface area contributed by atoms with Crippen LogP contribution >= 0.6 is 0 Å². The minimum absolute atomic E-state index is 0.220. The fourth-order valence-electron chi connectivity index (χ4n) is 2.53. The van der Waals surface area contributed by atoms with Gasteiger partial charge in [-0.1, -0.05) is 19.3 Å². The zero-order valence-electron chi connectivity index (χ0n) is 13.0. The Hall–Kier alpha value is -2.04. The summed E-state index contributed by atoms with van der Waals surface area (Å²) in [6.07, 6.45) is 9.29. The highest BCUT2D eigenvalue weighted by Crippen LogP contribution is 2.24. The van der Waals surface area contributed by atoms with E-state index in [0.29, 0.717) is 17.4 Å². The Bertz CT molecular complexity index is 504. The molecular weight excluding hydrogens is 282 g/mol. The number of pyridine rings is 1. The van der Waals surface area contributed by atoms with Gasteiger partial charge >= 0.3 is 5.97 Å². The number of aliphatic hydroxyl groups excluding tert-OH is 1. The fourth-order valence-corrected chi connectivity index (χ4v) is 2.53. The molecule has 0 atom stereocenters. The number of aromatic nitrogens is 1. The second kappa shape index (κ2) is 8.41.